The highest BCUT2D eigenvalue weighted by molar-refractivity contribution is 14.0. The summed E-state index contributed by atoms with van der Waals surface area (Å²) in [6, 6.07) is 2.15. The van der Waals surface area contributed by atoms with E-state index in [1.165, 1.54) is 10.9 Å². The predicted octanol–water partition coefficient (Wildman–Crippen LogP) is 3.87. The molecular weight excluding hydrogens is 506 g/mol. The number of hydrogen-bond acceptors (Lipinski definition) is 5. The Labute approximate surface area is 183 Å². The van der Waals surface area contributed by atoms with Gasteiger partial charge >= 0.3 is 6.18 Å². The number of aromatic nitrogens is 2. The van der Waals surface area contributed by atoms with Crippen LogP contribution in [0.3, 0.4) is 0 Å². The van der Waals surface area contributed by atoms with Gasteiger partial charge in [0.05, 0.1) is 18.7 Å². The molecule has 0 radical (unpaired) electrons. The molecule has 2 N–H and O–H groups in total. The largest absolute Gasteiger partial charge is 0.476 e. The molecular formula is C17H23F3IN5OS. The van der Waals surface area contributed by atoms with Gasteiger partial charge in [-0.15, -0.1) is 35.3 Å². The van der Waals surface area contributed by atoms with Crippen molar-refractivity contribution in [1.29, 1.82) is 0 Å². The van der Waals surface area contributed by atoms with Crippen LogP contribution >= 0.6 is 35.3 Å². The summed E-state index contributed by atoms with van der Waals surface area (Å²) in [5.41, 5.74) is -0.803. The van der Waals surface area contributed by atoms with Gasteiger partial charge in [0.1, 0.15) is 11.6 Å². The third kappa shape index (κ3) is 8.17. The van der Waals surface area contributed by atoms with Crippen molar-refractivity contribution in [1.82, 2.24) is 20.6 Å². The van der Waals surface area contributed by atoms with Crippen molar-refractivity contribution < 1.29 is 17.9 Å². The number of guanidine groups is 1. The zero-order valence-electron chi connectivity index (χ0n) is 15.5. The number of thiazole rings is 1. The molecule has 2 rings (SSSR count). The second kappa shape index (κ2) is 12.0. The lowest BCUT2D eigenvalue weighted by atomic mass is 10.3. The number of nitrogens with zero attached hydrogens (tertiary/aromatic N) is 3. The van der Waals surface area contributed by atoms with E-state index in [4.69, 9.17) is 4.74 Å². The predicted molar refractivity (Wildman–Crippen MR) is 114 cm³/mol. The Morgan fingerprint density at radius 2 is 1.96 bits per heavy atom. The molecule has 156 valence electrons. The molecule has 2 aromatic rings. The van der Waals surface area contributed by atoms with Gasteiger partial charge in [-0.1, -0.05) is 6.92 Å². The molecule has 0 saturated heterocycles. The van der Waals surface area contributed by atoms with Crippen LogP contribution in [0.15, 0.2) is 29.5 Å². The molecule has 0 saturated carbocycles. The van der Waals surface area contributed by atoms with Crippen LogP contribution in [0.2, 0.25) is 0 Å². The third-order valence-electron chi connectivity index (χ3n) is 3.37. The molecule has 28 heavy (non-hydrogen) atoms. The van der Waals surface area contributed by atoms with Crippen LogP contribution in [0, 0.1) is 0 Å². The number of alkyl halides is 3. The fourth-order valence-electron chi connectivity index (χ4n) is 2.03. The molecule has 0 bridgehead atoms. The van der Waals surface area contributed by atoms with Crippen molar-refractivity contribution in [3.63, 3.8) is 0 Å². The summed E-state index contributed by atoms with van der Waals surface area (Å²) in [5.74, 6) is 0.761. The van der Waals surface area contributed by atoms with E-state index in [0.717, 1.165) is 23.7 Å². The highest BCUT2D eigenvalue weighted by Crippen LogP contribution is 2.29. The van der Waals surface area contributed by atoms with Gasteiger partial charge in [0, 0.05) is 29.9 Å². The number of pyridine rings is 1. The number of ether oxygens (including phenoxy) is 1. The van der Waals surface area contributed by atoms with Gasteiger partial charge in [0.25, 0.3) is 0 Å². The van der Waals surface area contributed by atoms with Crippen LogP contribution in [0.5, 0.6) is 5.88 Å². The number of aryl methyl sites for hydroxylation is 1. The summed E-state index contributed by atoms with van der Waals surface area (Å²) in [6.45, 7) is 5.87. The van der Waals surface area contributed by atoms with Crippen molar-refractivity contribution in [2.24, 2.45) is 4.99 Å². The lowest BCUT2D eigenvalue weighted by Gasteiger charge is -2.12. The van der Waals surface area contributed by atoms with E-state index in [-0.39, 0.29) is 36.5 Å². The summed E-state index contributed by atoms with van der Waals surface area (Å²) in [5, 5.41) is 7.16. The van der Waals surface area contributed by atoms with Crippen molar-refractivity contribution in [3.8, 4) is 5.88 Å². The molecule has 0 aliphatic heterocycles. The lowest BCUT2D eigenvalue weighted by molar-refractivity contribution is -0.137. The van der Waals surface area contributed by atoms with Crippen LogP contribution in [0.4, 0.5) is 13.2 Å². The minimum atomic E-state index is -4.40. The first-order chi connectivity index (χ1) is 12.9. The maximum atomic E-state index is 12.5. The number of halogens is 4. The smallest absolute Gasteiger partial charge is 0.417 e. The Bertz CT molecular complexity index is 737. The zero-order chi connectivity index (χ0) is 19.7. The van der Waals surface area contributed by atoms with Gasteiger partial charge in [0.15, 0.2) is 5.96 Å². The molecule has 0 unspecified atom stereocenters. The molecule has 2 heterocycles. The number of rotatable bonds is 8. The maximum absolute atomic E-state index is 12.5. The number of nitrogens with one attached hydrogen (secondary N) is 2. The topological polar surface area (TPSA) is 71.4 Å². The maximum Gasteiger partial charge on any atom is 0.417 e. The fourth-order valence-corrected chi connectivity index (χ4v) is 2.82. The Morgan fingerprint density at radius 3 is 2.54 bits per heavy atom. The monoisotopic (exact) mass is 529 g/mol. The number of hydrogen-bond donors (Lipinski definition) is 2. The summed E-state index contributed by atoms with van der Waals surface area (Å²) in [4.78, 5) is 13.7. The third-order valence-corrected chi connectivity index (χ3v) is 4.50. The standard InChI is InChI=1S/C17H22F3N5OS.HI/c1-3-13-10-24-15(27-13)11-25-16(21-4-2)22-7-8-26-14-6-5-12(9-23-14)17(18,19)20;/h5-6,9-10H,3-4,7-8,11H2,1-2H3,(H2,21,22,25);1H. The minimum absolute atomic E-state index is 0. The second-order valence-electron chi connectivity index (χ2n) is 5.43. The van der Waals surface area contributed by atoms with Gasteiger partial charge in [0.2, 0.25) is 5.88 Å². The normalized spacial score (nSPS) is 11.7. The Kier molecular flexibility index (Phi) is 10.5. The van der Waals surface area contributed by atoms with Gasteiger partial charge in [-0.3, -0.25) is 0 Å². The second-order valence-corrected chi connectivity index (χ2v) is 6.63. The molecule has 0 spiro atoms. The van der Waals surface area contributed by atoms with Crippen molar-refractivity contribution >= 4 is 41.3 Å². The first-order valence-electron chi connectivity index (χ1n) is 8.54. The van der Waals surface area contributed by atoms with Crippen LogP contribution < -0.4 is 15.4 Å². The van der Waals surface area contributed by atoms with E-state index in [0.29, 0.717) is 25.6 Å². The van der Waals surface area contributed by atoms with E-state index >= 15 is 0 Å². The molecule has 6 nitrogen and oxygen atoms in total. The average molecular weight is 529 g/mol. The van der Waals surface area contributed by atoms with Crippen LogP contribution in [-0.2, 0) is 19.1 Å². The Balaban J connectivity index is 0.00000392. The van der Waals surface area contributed by atoms with E-state index in [1.807, 2.05) is 13.1 Å². The van der Waals surface area contributed by atoms with E-state index < -0.39 is 11.7 Å². The van der Waals surface area contributed by atoms with Crippen molar-refractivity contribution in [2.45, 2.75) is 33.0 Å². The lowest BCUT2D eigenvalue weighted by Crippen LogP contribution is -2.39. The quantitative estimate of drug-likeness (QED) is 0.235. The first-order valence-corrected chi connectivity index (χ1v) is 9.35. The van der Waals surface area contributed by atoms with E-state index in [2.05, 4.69) is 32.5 Å². The van der Waals surface area contributed by atoms with Crippen LogP contribution in [0.1, 0.15) is 29.3 Å². The first kappa shape index (κ1) is 24.4. The molecule has 0 aliphatic carbocycles. The summed E-state index contributed by atoms with van der Waals surface area (Å²) in [7, 11) is 0. The van der Waals surface area contributed by atoms with Gasteiger partial charge in [-0.2, -0.15) is 13.2 Å². The fraction of sp³-hybridized carbons (Fsp3) is 0.471. The zero-order valence-corrected chi connectivity index (χ0v) is 18.7. The Morgan fingerprint density at radius 1 is 1.18 bits per heavy atom. The Hall–Kier alpha value is -1.63. The molecule has 0 aliphatic rings. The van der Waals surface area contributed by atoms with E-state index in [9.17, 15) is 13.2 Å². The number of aliphatic imine (C=N–C) groups is 1. The SMILES string of the molecule is CCNC(=NCc1ncc(CC)s1)NCCOc1ccc(C(F)(F)F)cn1.I. The molecule has 0 aromatic carbocycles. The summed E-state index contributed by atoms with van der Waals surface area (Å²) < 4.78 is 42.8. The van der Waals surface area contributed by atoms with Gasteiger partial charge in [-0.05, 0) is 19.4 Å². The van der Waals surface area contributed by atoms with Gasteiger partial charge in [-0.25, -0.2) is 15.0 Å². The van der Waals surface area contributed by atoms with Gasteiger partial charge < -0.3 is 15.4 Å². The summed E-state index contributed by atoms with van der Waals surface area (Å²) in [6.07, 6.45) is -0.831. The highest BCUT2D eigenvalue weighted by atomic mass is 127. The molecule has 0 atom stereocenters. The van der Waals surface area contributed by atoms with Crippen molar-refractivity contribution in [2.75, 3.05) is 19.7 Å². The average Bonchev–Trinajstić information content (AvgIpc) is 3.11. The molecule has 11 heteroatoms. The summed E-state index contributed by atoms with van der Waals surface area (Å²) >= 11 is 1.63. The minimum Gasteiger partial charge on any atom is -0.476 e. The molecule has 0 amide bonds. The van der Waals surface area contributed by atoms with Crippen LogP contribution in [0.25, 0.3) is 0 Å². The van der Waals surface area contributed by atoms with Crippen molar-refractivity contribution in [3.05, 3.63) is 40.0 Å². The highest BCUT2D eigenvalue weighted by Gasteiger charge is 2.30. The van der Waals surface area contributed by atoms with E-state index in [1.54, 1.807) is 11.3 Å². The molecule has 0 fully saturated rings. The molecule has 2 aromatic heterocycles. The van der Waals surface area contributed by atoms with Crippen LogP contribution in [-0.4, -0.2) is 35.6 Å².